The largest absolute Gasteiger partial charge is 0.370 e. The van der Waals surface area contributed by atoms with E-state index in [2.05, 4.69) is 10.6 Å². The molecule has 0 spiro atoms. The van der Waals surface area contributed by atoms with Crippen LogP contribution in [0.1, 0.15) is 19.8 Å². The minimum absolute atomic E-state index is 0.0915. The third kappa shape index (κ3) is 5.55. The van der Waals surface area contributed by atoms with Crippen LogP contribution in [0.15, 0.2) is 30.3 Å². The molecule has 0 aromatic heterocycles. The topological polar surface area (TPSA) is 84.2 Å². The van der Waals surface area contributed by atoms with Crippen LogP contribution in [0.3, 0.4) is 0 Å². The Balaban J connectivity index is 2.32. The third-order valence-electron chi connectivity index (χ3n) is 2.23. The molecule has 3 amide bonds. The quantitative estimate of drug-likeness (QED) is 0.721. The zero-order chi connectivity index (χ0) is 12.7. The van der Waals surface area contributed by atoms with Gasteiger partial charge in [0.2, 0.25) is 5.91 Å². The molecule has 0 aliphatic rings. The molecule has 0 heterocycles. The summed E-state index contributed by atoms with van der Waals surface area (Å²) in [6, 6.07) is 8.78. The summed E-state index contributed by atoms with van der Waals surface area (Å²) in [7, 11) is 0. The number of primary amides is 1. The van der Waals surface area contributed by atoms with E-state index in [4.69, 9.17) is 5.73 Å². The van der Waals surface area contributed by atoms with Gasteiger partial charge in [-0.3, -0.25) is 4.79 Å². The van der Waals surface area contributed by atoms with Crippen molar-refractivity contribution in [1.29, 1.82) is 0 Å². The number of urea groups is 1. The van der Waals surface area contributed by atoms with Gasteiger partial charge in [0.15, 0.2) is 0 Å². The maximum atomic E-state index is 11.5. The SMILES string of the molecule is C[C@H](CCC(N)=O)NC(=O)Nc1ccccc1. The number of hydrogen-bond donors (Lipinski definition) is 3. The maximum absolute atomic E-state index is 11.5. The lowest BCUT2D eigenvalue weighted by Crippen LogP contribution is -2.36. The first-order valence-corrected chi connectivity index (χ1v) is 5.49. The maximum Gasteiger partial charge on any atom is 0.319 e. The van der Waals surface area contributed by atoms with Crippen molar-refractivity contribution < 1.29 is 9.59 Å². The Hall–Kier alpha value is -2.04. The van der Waals surface area contributed by atoms with Crippen LogP contribution in [0.25, 0.3) is 0 Å². The Morgan fingerprint density at radius 3 is 2.53 bits per heavy atom. The van der Waals surface area contributed by atoms with Gasteiger partial charge in [-0.05, 0) is 25.5 Å². The highest BCUT2D eigenvalue weighted by Crippen LogP contribution is 2.04. The van der Waals surface area contributed by atoms with Crippen molar-refractivity contribution in [3.63, 3.8) is 0 Å². The number of anilines is 1. The van der Waals surface area contributed by atoms with Crippen molar-refractivity contribution in [1.82, 2.24) is 5.32 Å². The van der Waals surface area contributed by atoms with E-state index in [9.17, 15) is 9.59 Å². The number of hydrogen-bond acceptors (Lipinski definition) is 2. The number of nitrogens with two attached hydrogens (primary N) is 1. The van der Waals surface area contributed by atoms with Crippen molar-refractivity contribution in [3.05, 3.63) is 30.3 Å². The lowest BCUT2D eigenvalue weighted by molar-refractivity contribution is -0.118. The number of nitrogens with one attached hydrogen (secondary N) is 2. The number of rotatable bonds is 5. The summed E-state index contributed by atoms with van der Waals surface area (Å²) < 4.78 is 0. The van der Waals surface area contributed by atoms with Gasteiger partial charge in [0, 0.05) is 18.2 Å². The van der Waals surface area contributed by atoms with E-state index in [1.807, 2.05) is 25.1 Å². The smallest absolute Gasteiger partial charge is 0.319 e. The molecule has 0 bridgehead atoms. The molecule has 0 aliphatic heterocycles. The molecule has 0 radical (unpaired) electrons. The van der Waals surface area contributed by atoms with Gasteiger partial charge in [0.05, 0.1) is 0 Å². The average Bonchev–Trinajstić information content (AvgIpc) is 2.27. The Labute approximate surface area is 100 Å². The normalized spacial score (nSPS) is 11.6. The summed E-state index contributed by atoms with van der Waals surface area (Å²) in [5.41, 5.74) is 5.76. The molecule has 0 saturated heterocycles. The minimum Gasteiger partial charge on any atom is -0.370 e. The van der Waals surface area contributed by atoms with Crippen molar-refractivity contribution in [3.8, 4) is 0 Å². The molecular formula is C12H17N3O2. The van der Waals surface area contributed by atoms with Gasteiger partial charge < -0.3 is 16.4 Å². The van der Waals surface area contributed by atoms with Crippen LogP contribution in [-0.2, 0) is 4.79 Å². The molecule has 17 heavy (non-hydrogen) atoms. The first-order valence-electron chi connectivity index (χ1n) is 5.49. The predicted molar refractivity (Wildman–Crippen MR) is 66.5 cm³/mol. The number of para-hydroxylation sites is 1. The monoisotopic (exact) mass is 235 g/mol. The average molecular weight is 235 g/mol. The Kier molecular flexibility index (Phi) is 5.00. The molecule has 4 N–H and O–H groups in total. The van der Waals surface area contributed by atoms with Crippen molar-refractivity contribution >= 4 is 17.6 Å². The second-order valence-electron chi connectivity index (χ2n) is 3.87. The molecule has 1 aromatic rings. The Morgan fingerprint density at radius 1 is 1.29 bits per heavy atom. The Bertz CT molecular complexity index is 379. The second-order valence-corrected chi connectivity index (χ2v) is 3.87. The molecule has 92 valence electrons. The van der Waals surface area contributed by atoms with Gasteiger partial charge in [-0.15, -0.1) is 0 Å². The summed E-state index contributed by atoms with van der Waals surface area (Å²) in [6.45, 7) is 1.83. The number of benzene rings is 1. The molecule has 0 aliphatic carbocycles. The summed E-state index contributed by atoms with van der Waals surface area (Å²) in [5.74, 6) is -0.359. The third-order valence-corrected chi connectivity index (χ3v) is 2.23. The summed E-state index contributed by atoms with van der Waals surface area (Å²) in [5, 5.41) is 5.42. The molecule has 1 atom stereocenters. The van der Waals surface area contributed by atoms with Crippen LogP contribution < -0.4 is 16.4 Å². The summed E-state index contributed by atoms with van der Waals surface area (Å²) in [6.07, 6.45) is 0.810. The fourth-order valence-corrected chi connectivity index (χ4v) is 1.34. The molecule has 5 nitrogen and oxygen atoms in total. The van der Waals surface area contributed by atoms with Crippen LogP contribution in [0, 0.1) is 0 Å². The molecule has 0 saturated carbocycles. The van der Waals surface area contributed by atoms with Crippen LogP contribution >= 0.6 is 0 Å². The van der Waals surface area contributed by atoms with E-state index in [0.29, 0.717) is 6.42 Å². The van der Waals surface area contributed by atoms with E-state index < -0.39 is 0 Å². The first-order chi connectivity index (χ1) is 8.08. The van der Waals surface area contributed by atoms with Crippen LogP contribution in [0.4, 0.5) is 10.5 Å². The summed E-state index contributed by atoms with van der Waals surface area (Å²) in [4.78, 5) is 22.1. The second kappa shape index (κ2) is 6.52. The van der Waals surface area contributed by atoms with Crippen LogP contribution in [-0.4, -0.2) is 18.0 Å². The zero-order valence-electron chi connectivity index (χ0n) is 9.77. The highest BCUT2D eigenvalue weighted by atomic mass is 16.2. The van der Waals surface area contributed by atoms with Gasteiger partial charge in [-0.25, -0.2) is 4.79 Å². The van der Waals surface area contributed by atoms with Crippen LogP contribution in [0.2, 0.25) is 0 Å². The Morgan fingerprint density at radius 2 is 1.94 bits per heavy atom. The fourth-order valence-electron chi connectivity index (χ4n) is 1.34. The highest BCUT2D eigenvalue weighted by Gasteiger charge is 2.08. The summed E-state index contributed by atoms with van der Waals surface area (Å²) >= 11 is 0. The molecule has 0 fully saturated rings. The van der Waals surface area contributed by atoms with Crippen molar-refractivity contribution in [2.24, 2.45) is 5.73 Å². The van der Waals surface area contributed by atoms with E-state index >= 15 is 0 Å². The molecule has 0 unspecified atom stereocenters. The number of carbonyl (C=O) groups is 2. The lowest BCUT2D eigenvalue weighted by atomic mass is 10.2. The minimum atomic E-state index is -0.359. The number of amides is 3. The van der Waals surface area contributed by atoms with Gasteiger partial charge in [-0.2, -0.15) is 0 Å². The number of carbonyl (C=O) groups excluding carboxylic acids is 2. The lowest BCUT2D eigenvalue weighted by Gasteiger charge is -2.13. The van der Waals surface area contributed by atoms with Gasteiger partial charge in [0.1, 0.15) is 0 Å². The molecule has 5 heteroatoms. The van der Waals surface area contributed by atoms with E-state index in [1.165, 1.54) is 0 Å². The van der Waals surface area contributed by atoms with Gasteiger partial charge >= 0.3 is 6.03 Å². The molecule has 1 rings (SSSR count). The standard InChI is InChI=1S/C12H17N3O2/c1-9(7-8-11(13)16)14-12(17)15-10-5-3-2-4-6-10/h2-6,9H,7-8H2,1H3,(H2,13,16)(H2,14,15,17)/t9-/m1/s1. The van der Waals surface area contributed by atoms with Crippen LogP contribution in [0.5, 0.6) is 0 Å². The molecule has 1 aromatic carbocycles. The predicted octanol–water partition coefficient (Wildman–Crippen LogP) is 1.46. The molecular weight excluding hydrogens is 218 g/mol. The zero-order valence-corrected chi connectivity index (χ0v) is 9.77. The fraction of sp³-hybridized carbons (Fsp3) is 0.333. The van der Waals surface area contributed by atoms with Gasteiger partial charge in [0.25, 0.3) is 0 Å². The van der Waals surface area contributed by atoms with Crippen molar-refractivity contribution in [2.75, 3.05) is 5.32 Å². The van der Waals surface area contributed by atoms with E-state index in [0.717, 1.165) is 5.69 Å². The van der Waals surface area contributed by atoms with Crippen molar-refractivity contribution in [2.45, 2.75) is 25.8 Å². The van der Waals surface area contributed by atoms with E-state index in [1.54, 1.807) is 12.1 Å². The van der Waals surface area contributed by atoms with Gasteiger partial charge in [-0.1, -0.05) is 18.2 Å². The highest BCUT2D eigenvalue weighted by molar-refractivity contribution is 5.89. The first kappa shape index (κ1) is 13.0. The van der Waals surface area contributed by atoms with E-state index in [-0.39, 0.29) is 24.4 Å².